The molecule has 1 aliphatic heterocycles. The van der Waals surface area contributed by atoms with E-state index in [0.29, 0.717) is 18.4 Å². The van der Waals surface area contributed by atoms with Gasteiger partial charge in [-0.1, -0.05) is 15.9 Å². The Bertz CT molecular complexity index is 361. The SMILES string of the molecule is CCOc1cncc(N2CCCC(CBr)C2)n1. The van der Waals surface area contributed by atoms with Crippen molar-refractivity contribution in [2.24, 2.45) is 5.92 Å². The molecule has 0 spiro atoms. The van der Waals surface area contributed by atoms with Gasteiger partial charge in [0.2, 0.25) is 5.88 Å². The molecule has 0 saturated carbocycles. The summed E-state index contributed by atoms with van der Waals surface area (Å²) in [7, 11) is 0. The number of ether oxygens (including phenoxy) is 1. The van der Waals surface area contributed by atoms with Crippen LogP contribution >= 0.6 is 15.9 Å². The highest BCUT2D eigenvalue weighted by atomic mass is 79.9. The van der Waals surface area contributed by atoms with Crippen LogP contribution in [0.25, 0.3) is 0 Å². The van der Waals surface area contributed by atoms with Crippen molar-refractivity contribution in [3.63, 3.8) is 0 Å². The molecule has 1 saturated heterocycles. The number of halogens is 1. The van der Waals surface area contributed by atoms with Gasteiger partial charge in [0.15, 0.2) is 5.82 Å². The van der Waals surface area contributed by atoms with Crippen LogP contribution in [0.4, 0.5) is 5.82 Å². The number of rotatable bonds is 4. The number of anilines is 1. The van der Waals surface area contributed by atoms with Gasteiger partial charge in [-0.15, -0.1) is 0 Å². The summed E-state index contributed by atoms with van der Waals surface area (Å²) >= 11 is 3.56. The minimum Gasteiger partial charge on any atom is -0.477 e. The van der Waals surface area contributed by atoms with Gasteiger partial charge < -0.3 is 9.64 Å². The van der Waals surface area contributed by atoms with E-state index in [9.17, 15) is 0 Å². The molecule has 1 atom stereocenters. The summed E-state index contributed by atoms with van der Waals surface area (Å²) in [5.74, 6) is 2.26. The van der Waals surface area contributed by atoms with Crippen LogP contribution in [0.3, 0.4) is 0 Å². The first-order valence-electron chi connectivity index (χ1n) is 6.09. The Balaban J connectivity index is 2.07. The predicted octanol–water partition coefficient (Wildman–Crippen LogP) is 2.49. The molecule has 94 valence electrons. The molecule has 1 unspecified atom stereocenters. The maximum Gasteiger partial charge on any atom is 0.234 e. The monoisotopic (exact) mass is 299 g/mol. The fourth-order valence-corrected chi connectivity index (χ4v) is 2.64. The van der Waals surface area contributed by atoms with Crippen LogP contribution in [-0.2, 0) is 0 Å². The lowest BCUT2D eigenvalue weighted by Crippen LogP contribution is -2.36. The summed E-state index contributed by atoms with van der Waals surface area (Å²) in [6.45, 7) is 4.70. The van der Waals surface area contributed by atoms with Crippen LogP contribution < -0.4 is 9.64 Å². The molecule has 0 bridgehead atoms. The van der Waals surface area contributed by atoms with Gasteiger partial charge in [0.05, 0.1) is 19.0 Å². The minimum atomic E-state index is 0.617. The highest BCUT2D eigenvalue weighted by molar-refractivity contribution is 9.09. The summed E-state index contributed by atoms with van der Waals surface area (Å²) in [4.78, 5) is 11.0. The average Bonchev–Trinajstić information content (AvgIpc) is 2.40. The zero-order chi connectivity index (χ0) is 12.1. The Morgan fingerprint density at radius 1 is 1.53 bits per heavy atom. The molecule has 2 rings (SSSR count). The maximum absolute atomic E-state index is 5.38. The average molecular weight is 300 g/mol. The van der Waals surface area contributed by atoms with Crippen molar-refractivity contribution in [3.05, 3.63) is 12.4 Å². The molecule has 1 aliphatic rings. The summed E-state index contributed by atoms with van der Waals surface area (Å²) in [6.07, 6.45) is 6.00. The summed E-state index contributed by atoms with van der Waals surface area (Å²) in [5.41, 5.74) is 0. The topological polar surface area (TPSA) is 38.2 Å². The predicted molar refractivity (Wildman–Crippen MR) is 71.9 cm³/mol. The third-order valence-corrected chi connectivity index (χ3v) is 3.87. The first-order valence-corrected chi connectivity index (χ1v) is 7.21. The van der Waals surface area contributed by atoms with Gasteiger partial charge in [0.1, 0.15) is 0 Å². The number of alkyl halides is 1. The van der Waals surface area contributed by atoms with Gasteiger partial charge >= 0.3 is 0 Å². The Morgan fingerprint density at radius 3 is 3.18 bits per heavy atom. The zero-order valence-electron chi connectivity index (χ0n) is 10.1. The van der Waals surface area contributed by atoms with Crippen LogP contribution in [0.1, 0.15) is 19.8 Å². The number of hydrogen-bond donors (Lipinski definition) is 0. The molecule has 0 radical (unpaired) electrons. The Labute approximate surface area is 111 Å². The fourth-order valence-electron chi connectivity index (χ4n) is 2.11. The molecule has 0 N–H and O–H groups in total. The summed E-state index contributed by atoms with van der Waals surface area (Å²) < 4.78 is 5.38. The van der Waals surface area contributed by atoms with E-state index in [2.05, 4.69) is 30.8 Å². The quantitative estimate of drug-likeness (QED) is 0.801. The normalized spacial score (nSPS) is 20.4. The zero-order valence-corrected chi connectivity index (χ0v) is 11.7. The molecule has 4 nitrogen and oxygen atoms in total. The molecule has 0 aliphatic carbocycles. The van der Waals surface area contributed by atoms with E-state index in [4.69, 9.17) is 4.74 Å². The fraction of sp³-hybridized carbons (Fsp3) is 0.667. The molecule has 1 aromatic rings. The molecular formula is C12H18BrN3O. The lowest BCUT2D eigenvalue weighted by molar-refractivity contribution is 0.324. The number of aromatic nitrogens is 2. The van der Waals surface area contributed by atoms with Crippen molar-refractivity contribution in [1.82, 2.24) is 9.97 Å². The van der Waals surface area contributed by atoms with Crippen molar-refractivity contribution in [2.45, 2.75) is 19.8 Å². The second-order valence-electron chi connectivity index (χ2n) is 4.26. The van der Waals surface area contributed by atoms with Crippen molar-refractivity contribution >= 4 is 21.7 Å². The van der Waals surface area contributed by atoms with Crippen molar-refractivity contribution < 1.29 is 4.74 Å². The third-order valence-electron chi connectivity index (χ3n) is 2.95. The van der Waals surface area contributed by atoms with E-state index < -0.39 is 0 Å². The largest absolute Gasteiger partial charge is 0.477 e. The van der Waals surface area contributed by atoms with Crippen molar-refractivity contribution in [1.29, 1.82) is 0 Å². The summed E-state index contributed by atoms with van der Waals surface area (Å²) in [5, 5.41) is 1.06. The number of hydrogen-bond acceptors (Lipinski definition) is 4. The van der Waals surface area contributed by atoms with E-state index >= 15 is 0 Å². The molecule has 1 aromatic heterocycles. The molecule has 5 heteroatoms. The molecular weight excluding hydrogens is 282 g/mol. The van der Waals surface area contributed by atoms with Crippen LogP contribution in [0.15, 0.2) is 12.4 Å². The second-order valence-corrected chi connectivity index (χ2v) is 4.90. The Kier molecular flexibility index (Phi) is 4.59. The molecule has 0 amide bonds. The molecule has 1 fully saturated rings. The van der Waals surface area contributed by atoms with E-state index in [1.54, 1.807) is 6.20 Å². The molecule has 0 aromatic carbocycles. The van der Waals surface area contributed by atoms with Crippen LogP contribution in [0.5, 0.6) is 5.88 Å². The van der Waals surface area contributed by atoms with Crippen LogP contribution in [-0.4, -0.2) is 35.0 Å². The Hall–Kier alpha value is -0.840. The first kappa shape index (κ1) is 12.6. The van der Waals surface area contributed by atoms with Gasteiger partial charge in [0.25, 0.3) is 0 Å². The van der Waals surface area contributed by atoms with Gasteiger partial charge in [-0.05, 0) is 25.7 Å². The van der Waals surface area contributed by atoms with Crippen LogP contribution in [0, 0.1) is 5.92 Å². The lowest BCUT2D eigenvalue weighted by atomic mass is 10.0. The molecule has 2 heterocycles. The van der Waals surface area contributed by atoms with Gasteiger partial charge in [-0.25, -0.2) is 0 Å². The van der Waals surface area contributed by atoms with Gasteiger partial charge in [-0.2, -0.15) is 4.98 Å². The maximum atomic E-state index is 5.38. The highest BCUT2D eigenvalue weighted by Gasteiger charge is 2.20. The van der Waals surface area contributed by atoms with E-state index in [-0.39, 0.29) is 0 Å². The number of nitrogens with zero attached hydrogens (tertiary/aromatic N) is 3. The smallest absolute Gasteiger partial charge is 0.234 e. The lowest BCUT2D eigenvalue weighted by Gasteiger charge is -2.32. The standard InChI is InChI=1S/C12H18BrN3O/c1-2-17-12-8-14-7-11(15-12)16-5-3-4-10(6-13)9-16/h7-8,10H,2-6,9H2,1H3. The van der Waals surface area contributed by atoms with Crippen molar-refractivity contribution in [2.75, 3.05) is 29.9 Å². The van der Waals surface area contributed by atoms with E-state index in [0.717, 1.165) is 24.2 Å². The van der Waals surface area contributed by atoms with Gasteiger partial charge in [-0.3, -0.25) is 4.98 Å². The number of piperidine rings is 1. The second kappa shape index (κ2) is 6.19. The Morgan fingerprint density at radius 2 is 2.41 bits per heavy atom. The van der Waals surface area contributed by atoms with Crippen molar-refractivity contribution in [3.8, 4) is 5.88 Å². The third kappa shape index (κ3) is 3.31. The highest BCUT2D eigenvalue weighted by Crippen LogP contribution is 2.23. The first-order chi connectivity index (χ1) is 8.33. The van der Waals surface area contributed by atoms with E-state index in [1.807, 2.05) is 13.1 Å². The molecule has 17 heavy (non-hydrogen) atoms. The minimum absolute atomic E-state index is 0.617. The van der Waals surface area contributed by atoms with Crippen LogP contribution in [0.2, 0.25) is 0 Å². The van der Waals surface area contributed by atoms with E-state index in [1.165, 1.54) is 12.8 Å². The summed E-state index contributed by atoms with van der Waals surface area (Å²) in [6, 6.07) is 0. The van der Waals surface area contributed by atoms with Gasteiger partial charge in [0, 0.05) is 18.4 Å².